The van der Waals surface area contributed by atoms with Gasteiger partial charge < -0.3 is 15.2 Å². The fourth-order valence-electron chi connectivity index (χ4n) is 2.24. The van der Waals surface area contributed by atoms with Gasteiger partial charge in [-0.2, -0.15) is 0 Å². The van der Waals surface area contributed by atoms with Gasteiger partial charge in [-0.1, -0.05) is 0 Å². The number of methoxy groups -OCH3 is 2. The number of hydrogen-bond donors (Lipinski definition) is 1. The molecule has 0 spiro atoms. The molecule has 0 aromatic rings. The highest BCUT2D eigenvalue weighted by atomic mass is 16.5. The predicted molar refractivity (Wildman–Crippen MR) is 52.6 cm³/mol. The van der Waals surface area contributed by atoms with Crippen molar-refractivity contribution in [3.63, 3.8) is 0 Å². The number of ether oxygens (including phenoxy) is 2. The van der Waals surface area contributed by atoms with Crippen molar-refractivity contribution < 1.29 is 9.47 Å². The van der Waals surface area contributed by atoms with Crippen LogP contribution in [0.25, 0.3) is 0 Å². The summed E-state index contributed by atoms with van der Waals surface area (Å²) in [4.78, 5) is 0. The van der Waals surface area contributed by atoms with E-state index < -0.39 is 0 Å². The lowest BCUT2D eigenvalue weighted by molar-refractivity contribution is -0.0357. The molecule has 0 aliphatic heterocycles. The second-order valence-electron chi connectivity index (χ2n) is 3.78. The summed E-state index contributed by atoms with van der Waals surface area (Å²) in [5.74, 6) is 0.591. The second-order valence-corrected chi connectivity index (χ2v) is 3.78. The number of hydrogen-bond acceptors (Lipinski definition) is 3. The Balaban J connectivity index is 2.42. The molecule has 3 nitrogen and oxygen atoms in total. The standard InChI is InChI=1S/C10H21NO2/c1-12-9-3-4-10(13-2)8(7-9)5-6-11/h8-10H,3-7,11H2,1-2H3. The zero-order valence-corrected chi connectivity index (χ0v) is 8.66. The van der Waals surface area contributed by atoms with E-state index in [1.54, 1.807) is 14.2 Å². The molecule has 0 radical (unpaired) electrons. The molecule has 0 aromatic heterocycles. The summed E-state index contributed by atoms with van der Waals surface area (Å²) in [5.41, 5.74) is 5.57. The zero-order valence-electron chi connectivity index (χ0n) is 8.66. The van der Waals surface area contributed by atoms with Crippen LogP contribution in [0, 0.1) is 5.92 Å². The van der Waals surface area contributed by atoms with E-state index in [9.17, 15) is 0 Å². The average molecular weight is 187 g/mol. The van der Waals surface area contributed by atoms with Crippen LogP contribution < -0.4 is 5.73 Å². The van der Waals surface area contributed by atoms with E-state index in [1.807, 2.05) is 0 Å². The maximum Gasteiger partial charge on any atom is 0.0601 e. The van der Waals surface area contributed by atoms with Crippen LogP contribution in [-0.4, -0.2) is 33.0 Å². The van der Waals surface area contributed by atoms with Crippen LogP contribution in [0.3, 0.4) is 0 Å². The van der Waals surface area contributed by atoms with Gasteiger partial charge in [0.25, 0.3) is 0 Å². The van der Waals surface area contributed by atoms with Gasteiger partial charge in [-0.05, 0) is 38.1 Å². The highest BCUT2D eigenvalue weighted by molar-refractivity contribution is 4.81. The molecule has 1 aliphatic carbocycles. The van der Waals surface area contributed by atoms with E-state index in [4.69, 9.17) is 15.2 Å². The van der Waals surface area contributed by atoms with Crippen LogP contribution in [0.5, 0.6) is 0 Å². The number of rotatable bonds is 4. The minimum atomic E-state index is 0.398. The lowest BCUT2D eigenvalue weighted by Gasteiger charge is -2.34. The molecule has 13 heavy (non-hydrogen) atoms. The van der Waals surface area contributed by atoms with Crippen molar-refractivity contribution in [2.45, 2.75) is 37.9 Å². The summed E-state index contributed by atoms with van der Waals surface area (Å²) in [6, 6.07) is 0. The Bertz CT molecular complexity index is 141. The summed E-state index contributed by atoms with van der Waals surface area (Å²) < 4.78 is 10.8. The fraction of sp³-hybridized carbons (Fsp3) is 1.00. The summed E-state index contributed by atoms with van der Waals surface area (Å²) in [7, 11) is 3.58. The molecule has 1 aliphatic rings. The Morgan fingerprint density at radius 3 is 2.54 bits per heavy atom. The number of nitrogens with two attached hydrogens (primary N) is 1. The highest BCUT2D eigenvalue weighted by Gasteiger charge is 2.29. The van der Waals surface area contributed by atoms with Crippen molar-refractivity contribution >= 4 is 0 Å². The van der Waals surface area contributed by atoms with Gasteiger partial charge in [0.15, 0.2) is 0 Å². The first kappa shape index (κ1) is 11.0. The Kier molecular flexibility index (Phi) is 4.70. The molecule has 0 aromatic carbocycles. The molecule has 78 valence electrons. The molecule has 0 heterocycles. The van der Waals surface area contributed by atoms with Gasteiger partial charge >= 0.3 is 0 Å². The zero-order chi connectivity index (χ0) is 9.68. The van der Waals surface area contributed by atoms with E-state index in [-0.39, 0.29) is 0 Å². The van der Waals surface area contributed by atoms with Gasteiger partial charge in [-0.15, -0.1) is 0 Å². The summed E-state index contributed by atoms with van der Waals surface area (Å²) in [6.07, 6.45) is 5.21. The van der Waals surface area contributed by atoms with E-state index in [0.29, 0.717) is 18.1 Å². The molecule has 2 N–H and O–H groups in total. The van der Waals surface area contributed by atoms with Gasteiger partial charge in [-0.3, -0.25) is 0 Å². The Morgan fingerprint density at radius 1 is 1.23 bits per heavy atom. The molecule has 1 saturated carbocycles. The van der Waals surface area contributed by atoms with Gasteiger partial charge in [0, 0.05) is 14.2 Å². The van der Waals surface area contributed by atoms with Crippen molar-refractivity contribution in [3.05, 3.63) is 0 Å². The van der Waals surface area contributed by atoms with E-state index in [1.165, 1.54) is 0 Å². The van der Waals surface area contributed by atoms with Crippen LogP contribution in [0.1, 0.15) is 25.7 Å². The molecule has 3 unspecified atom stereocenters. The molecule has 0 saturated heterocycles. The summed E-state index contributed by atoms with van der Waals surface area (Å²) in [5, 5.41) is 0. The predicted octanol–water partition coefficient (Wildman–Crippen LogP) is 1.17. The van der Waals surface area contributed by atoms with Gasteiger partial charge in [0.1, 0.15) is 0 Å². The molecular formula is C10H21NO2. The monoisotopic (exact) mass is 187 g/mol. The average Bonchev–Trinajstić information content (AvgIpc) is 2.18. The maximum absolute atomic E-state index is 5.57. The Hall–Kier alpha value is -0.120. The third-order valence-electron chi connectivity index (χ3n) is 3.04. The molecule has 0 bridgehead atoms. The quantitative estimate of drug-likeness (QED) is 0.718. The molecule has 1 fully saturated rings. The lowest BCUT2D eigenvalue weighted by Crippen LogP contribution is -2.35. The largest absolute Gasteiger partial charge is 0.381 e. The minimum Gasteiger partial charge on any atom is -0.381 e. The molecular weight excluding hydrogens is 166 g/mol. The van der Waals surface area contributed by atoms with Gasteiger partial charge in [0.2, 0.25) is 0 Å². The van der Waals surface area contributed by atoms with Crippen molar-refractivity contribution in [2.75, 3.05) is 20.8 Å². The normalized spacial score (nSPS) is 34.8. The first-order valence-corrected chi connectivity index (χ1v) is 5.07. The van der Waals surface area contributed by atoms with Crippen LogP contribution >= 0.6 is 0 Å². The van der Waals surface area contributed by atoms with Gasteiger partial charge in [-0.25, -0.2) is 0 Å². The van der Waals surface area contributed by atoms with Crippen molar-refractivity contribution in [2.24, 2.45) is 11.7 Å². The molecule has 1 rings (SSSR count). The highest BCUT2D eigenvalue weighted by Crippen LogP contribution is 2.30. The maximum atomic E-state index is 5.57. The van der Waals surface area contributed by atoms with E-state index >= 15 is 0 Å². The summed E-state index contributed by atoms with van der Waals surface area (Å²) >= 11 is 0. The van der Waals surface area contributed by atoms with Crippen LogP contribution in [-0.2, 0) is 9.47 Å². The van der Waals surface area contributed by atoms with Gasteiger partial charge in [0.05, 0.1) is 12.2 Å². The van der Waals surface area contributed by atoms with Crippen LogP contribution in [0.2, 0.25) is 0 Å². The van der Waals surface area contributed by atoms with Crippen molar-refractivity contribution in [1.29, 1.82) is 0 Å². The van der Waals surface area contributed by atoms with E-state index in [0.717, 1.165) is 32.2 Å². The SMILES string of the molecule is COC1CCC(OC)C(CCN)C1. The first-order chi connectivity index (χ1) is 6.31. The van der Waals surface area contributed by atoms with Crippen LogP contribution in [0.15, 0.2) is 0 Å². The van der Waals surface area contributed by atoms with Crippen molar-refractivity contribution in [3.8, 4) is 0 Å². The Labute approximate surface area is 80.6 Å². The summed E-state index contributed by atoms with van der Waals surface area (Å²) in [6.45, 7) is 0.751. The Morgan fingerprint density at radius 2 is 2.00 bits per heavy atom. The molecule has 3 heteroatoms. The smallest absolute Gasteiger partial charge is 0.0601 e. The molecule has 0 amide bonds. The first-order valence-electron chi connectivity index (χ1n) is 5.07. The molecule has 3 atom stereocenters. The van der Waals surface area contributed by atoms with Crippen molar-refractivity contribution in [1.82, 2.24) is 0 Å². The minimum absolute atomic E-state index is 0.398. The third-order valence-corrected chi connectivity index (χ3v) is 3.04. The van der Waals surface area contributed by atoms with E-state index in [2.05, 4.69) is 0 Å². The third kappa shape index (κ3) is 2.93. The second kappa shape index (κ2) is 5.58. The fourth-order valence-corrected chi connectivity index (χ4v) is 2.24. The lowest BCUT2D eigenvalue weighted by atomic mass is 9.82. The van der Waals surface area contributed by atoms with Crippen LogP contribution in [0.4, 0.5) is 0 Å². The topological polar surface area (TPSA) is 44.5 Å².